The van der Waals surface area contributed by atoms with Crippen molar-refractivity contribution < 1.29 is 14.2 Å². The zero-order valence-electron chi connectivity index (χ0n) is 13.3. The average molecular weight is 281 g/mol. The smallest absolute Gasteiger partial charge is 0.203 e. The summed E-state index contributed by atoms with van der Waals surface area (Å²) in [6.45, 7) is 8.16. The quantitative estimate of drug-likeness (QED) is 0.743. The number of rotatable bonds is 8. The van der Waals surface area contributed by atoms with Crippen LogP contribution in [0, 0.1) is 0 Å². The maximum Gasteiger partial charge on any atom is 0.203 e. The first kappa shape index (κ1) is 16.6. The summed E-state index contributed by atoms with van der Waals surface area (Å²) in [5, 5.41) is 3.46. The summed E-state index contributed by atoms with van der Waals surface area (Å²) in [7, 11) is 3.27. The van der Waals surface area contributed by atoms with Gasteiger partial charge in [-0.3, -0.25) is 0 Å². The molecule has 0 radical (unpaired) electrons. The zero-order valence-corrected chi connectivity index (χ0v) is 13.3. The Hall–Kier alpha value is -1.42. The van der Waals surface area contributed by atoms with Crippen molar-refractivity contribution >= 4 is 0 Å². The Morgan fingerprint density at radius 3 is 2.10 bits per heavy atom. The van der Waals surface area contributed by atoms with Gasteiger partial charge in [0.05, 0.1) is 20.8 Å². The van der Waals surface area contributed by atoms with Crippen LogP contribution in [0.15, 0.2) is 18.2 Å². The molecule has 0 aliphatic heterocycles. The average Bonchev–Trinajstić information content (AvgIpc) is 2.41. The van der Waals surface area contributed by atoms with Gasteiger partial charge in [-0.25, -0.2) is 0 Å². The molecule has 0 amide bonds. The van der Waals surface area contributed by atoms with E-state index < -0.39 is 0 Å². The molecule has 20 heavy (non-hydrogen) atoms. The van der Waals surface area contributed by atoms with Gasteiger partial charge in [0.1, 0.15) is 0 Å². The first-order valence-corrected chi connectivity index (χ1v) is 7.07. The molecule has 0 aliphatic rings. The number of para-hydroxylation sites is 1. The predicted octanol–water partition coefficient (Wildman–Crippen LogP) is 3.25. The first-order valence-electron chi connectivity index (χ1n) is 7.07. The highest BCUT2D eigenvalue weighted by atomic mass is 16.5. The van der Waals surface area contributed by atoms with Crippen LogP contribution in [-0.2, 0) is 0 Å². The topological polar surface area (TPSA) is 39.7 Å². The molecule has 4 heteroatoms. The SMILES string of the molecule is COc1cccc(OC)c1OCCCCNC(C)(C)C. The molecule has 0 saturated carbocycles. The summed E-state index contributed by atoms with van der Waals surface area (Å²) in [6, 6.07) is 5.63. The van der Waals surface area contributed by atoms with E-state index in [1.54, 1.807) is 14.2 Å². The van der Waals surface area contributed by atoms with Gasteiger partial charge in [-0.2, -0.15) is 0 Å². The Labute approximate surface area is 122 Å². The molecule has 0 spiro atoms. The van der Waals surface area contributed by atoms with Crippen molar-refractivity contribution in [1.82, 2.24) is 5.32 Å². The lowest BCUT2D eigenvalue weighted by Gasteiger charge is -2.20. The van der Waals surface area contributed by atoms with Crippen LogP contribution in [0.1, 0.15) is 33.6 Å². The fourth-order valence-corrected chi connectivity index (χ4v) is 1.82. The molecule has 1 N–H and O–H groups in total. The molecule has 0 bridgehead atoms. The number of hydrogen-bond acceptors (Lipinski definition) is 4. The summed E-state index contributed by atoms with van der Waals surface area (Å²) in [5.41, 5.74) is 0.173. The molecular weight excluding hydrogens is 254 g/mol. The highest BCUT2D eigenvalue weighted by Gasteiger charge is 2.11. The second kappa shape index (κ2) is 8.00. The normalized spacial score (nSPS) is 11.2. The van der Waals surface area contributed by atoms with Crippen LogP contribution in [0.2, 0.25) is 0 Å². The first-order chi connectivity index (χ1) is 9.48. The van der Waals surface area contributed by atoms with Crippen molar-refractivity contribution in [1.29, 1.82) is 0 Å². The lowest BCUT2D eigenvalue weighted by Crippen LogP contribution is -2.36. The summed E-state index contributed by atoms with van der Waals surface area (Å²) in [6.07, 6.45) is 2.07. The Kier molecular flexibility index (Phi) is 6.65. The van der Waals surface area contributed by atoms with E-state index in [9.17, 15) is 0 Å². The fraction of sp³-hybridized carbons (Fsp3) is 0.625. The third-order valence-electron chi connectivity index (χ3n) is 2.86. The van der Waals surface area contributed by atoms with E-state index in [0.717, 1.165) is 19.4 Å². The molecule has 0 heterocycles. The van der Waals surface area contributed by atoms with Crippen LogP contribution in [0.4, 0.5) is 0 Å². The van der Waals surface area contributed by atoms with Gasteiger partial charge < -0.3 is 19.5 Å². The molecule has 4 nitrogen and oxygen atoms in total. The minimum Gasteiger partial charge on any atom is -0.493 e. The molecule has 1 aromatic carbocycles. The van der Waals surface area contributed by atoms with E-state index in [4.69, 9.17) is 14.2 Å². The van der Waals surface area contributed by atoms with Gasteiger partial charge in [0.25, 0.3) is 0 Å². The molecular formula is C16H27NO3. The third kappa shape index (κ3) is 5.70. The number of benzene rings is 1. The van der Waals surface area contributed by atoms with Crippen molar-refractivity contribution in [3.05, 3.63) is 18.2 Å². The van der Waals surface area contributed by atoms with Gasteiger partial charge >= 0.3 is 0 Å². The fourth-order valence-electron chi connectivity index (χ4n) is 1.82. The Morgan fingerprint density at radius 1 is 1.00 bits per heavy atom. The van der Waals surface area contributed by atoms with Gasteiger partial charge in [0.2, 0.25) is 5.75 Å². The largest absolute Gasteiger partial charge is 0.493 e. The van der Waals surface area contributed by atoms with Crippen molar-refractivity contribution in [2.24, 2.45) is 0 Å². The highest BCUT2D eigenvalue weighted by Crippen LogP contribution is 2.36. The van der Waals surface area contributed by atoms with Crippen molar-refractivity contribution in [2.45, 2.75) is 39.2 Å². The van der Waals surface area contributed by atoms with Crippen LogP contribution >= 0.6 is 0 Å². The van der Waals surface area contributed by atoms with Crippen molar-refractivity contribution in [3.8, 4) is 17.2 Å². The Bertz CT molecular complexity index is 377. The number of unbranched alkanes of at least 4 members (excludes halogenated alkanes) is 1. The monoisotopic (exact) mass is 281 g/mol. The van der Waals surface area contributed by atoms with Gasteiger partial charge in [-0.15, -0.1) is 0 Å². The third-order valence-corrected chi connectivity index (χ3v) is 2.86. The molecule has 1 rings (SSSR count). The Balaban J connectivity index is 2.38. The van der Waals surface area contributed by atoms with E-state index in [0.29, 0.717) is 23.9 Å². The van der Waals surface area contributed by atoms with Crippen LogP contribution in [0.3, 0.4) is 0 Å². The molecule has 114 valence electrons. The summed E-state index contributed by atoms with van der Waals surface area (Å²) in [5.74, 6) is 2.09. The van der Waals surface area contributed by atoms with Gasteiger partial charge in [0.15, 0.2) is 11.5 Å². The summed E-state index contributed by atoms with van der Waals surface area (Å²) >= 11 is 0. The minimum absolute atomic E-state index is 0.173. The number of hydrogen-bond donors (Lipinski definition) is 1. The standard InChI is InChI=1S/C16H27NO3/c1-16(2,3)17-11-6-7-12-20-15-13(18-4)9-8-10-14(15)19-5/h8-10,17H,6-7,11-12H2,1-5H3. The molecule has 0 aliphatic carbocycles. The van der Waals surface area contributed by atoms with Crippen LogP contribution < -0.4 is 19.5 Å². The van der Waals surface area contributed by atoms with Crippen molar-refractivity contribution in [2.75, 3.05) is 27.4 Å². The second-order valence-corrected chi connectivity index (χ2v) is 5.72. The lowest BCUT2D eigenvalue weighted by atomic mass is 10.1. The van der Waals surface area contributed by atoms with E-state index in [2.05, 4.69) is 26.1 Å². The summed E-state index contributed by atoms with van der Waals surface area (Å²) in [4.78, 5) is 0. The zero-order chi connectivity index (χ0) is 15.0. The van der Waals surface area contributed by atoms with Gasteiger partial charge in [0, 0.05) is 5.54 Å². The minimum atomic E-state index is 0.173. The van der Waals surface area contributed by atoms with E-state index >= 15 is 0 Å². The number of nitrogens with one attached hydrogen (secondary N) is 1. The maximum absolute atomic E-state index is 5.80. The van der Waals surface area contributed by atoms with Gasteiger partial charge in [-0.1, -0.05) is 6.07 Å². The van der Waals surface area contributed by atoms with Crippen LogP contribution in [0.25, 0.3) is 0 Å². The highest BCUT2D eigenvalue weighted by molar-refractivity contribution is 5.51. The summed E-state index contributed by atoms with van der Waals surface area (Å²) < 4.78 is 16.4. The molecule has 0 unspecified atom stereocenters. The number of ether oxygens (including phenoxy) is 3. The van der Waals surface area contributed by atoms with Crippen LogP contribution in [-0.4, -0.2) is 32.9 Å². The number of methoxy groups -OCH3 is 2. The maximum atomic E-state index is 5.80. The van der Waals surface area contributed by atoms with E-state index in [1.807, 2.05) is 18.2 Å². The molecule has 0 aromatic heterocycles. The predicted molar refractivity (Wildman–Crippen MR) is 82.0 cm³/mol. The van der Waals surface area contributed by atoms with Gasteiger partial charge in [-0.05, 0) is 52.3 Å². The van der Waals surface area contributed by atoms with Crippen molar-refractivity contribution in [3.63, 3.8) is 0 Å². The Morgan fingerprint density at radius 2 is 1.60 bits per heavy atom. The van der Waals surface area contributed by atoms with E-state index in [-0.39, 0.29) is 5.54 Å². The molecule has 1 aromatic rings. The molecule has 0 fully saturated rings. The lowest BCUT2D eigenvalue weighted by molar-refractivity contribution is 0.266. The second-order valence-electron chi connectivity index (χ2n) is 5.72. The van der Waals surface area contributed by atoms with E-state index in [1.165, 1.54) is 0 Å². The van der Waals surface area contributed by atoms with Crippen LogP contribution in [0.5, 0.6) is 17.2 Å². The molecule has 0 atom stereocenters. The molecule has 0 saturated heterocycles.